The number of carboxylic acid groups (broad SMARTS) is 1. The predicted octanol–water partition coefficient (Wildman–Crippen LogP) is 7.01. The van der Waals surface area contributed by atoms with E-state index in [0.29, 0.717) is 29.8 Å². The first-order valence-corrected chi connectivity index (χ1v) is 13.1. The van der Waals surface area contributed by atoms with Gasteiger partial charge in [0.1, 0.15) is 5.75 Å². The van der Waals surface area contributed by atoms with Crippen molar-refractivity contribution in [2.45, 2.75) is 27.4 Å². The van der Waals surface area contributed by atoms with E-state index in [9.17, 15) is 9.59 Å². The maximum absolute atomic E-state index is 12.9. The Morgan fingerprint density at radius 1 is 1.16 bits per heavy atom. The highest BCUT2D eigenvalue weighted by Crippen LogP contribution is 2.36. The first-order chi connectivity index (χ1) is 17.9. The number of para-hydroxylation sites is 1. The van der Waals surface area contributed by atoms with Gasteiger partial charge < -0.3 is 19.3 Å². The van der Waals surface area contributed by atoms with Gasteiger partial charge in [0.05, 0.1) is 43.2 Å². The third-order valence-corrected chi connectivity index (χ3v) is 6.52. The lowest BCUT2D eigenvalue weighted by Crippen LogP contribution is -2.14. The van der Waals surface area contributed by atoms with Crippen molar-refractivity contribution in [2.75, 3.05) is 26.1 Å². The van der Waals surface area contributed by atoms with Crippen LogP contribution in [0.5, 0.6) is 5.75 Å². The van der Waals surface area contributed by atoms with Crippen molar-refractivity contribution in [1.82, 2.24) is 4.98 Å². The summed E-state index contributed by atoms with van der Waals surface area (Å²) >= 11 is 13.8. The van der Waals surface area contributed by atoms with E-state index in [1.54, 1.807) is 7.11 Å². The number of hydrogen-bond acceptors (Lipinski definition) is 7. The van der Waals surface area contributed by atoms with Crippen molar-refractivity contribution in [3.8, 4) is 17.0 Å². The van der Waals surface area contributed by atoms with Crippen LogP contribution in [0.15, 0.2) is 41.5 Å². The van der Waals surface area contributed by atoms with Gasteiger partial charge in [0, 0.05) is 27.6 Å². The molecule has 0 radical (unpaired) electrons. The number of rotatable bonds is 10. The van der Waals surface area contributed by atoms with E-state index >= 15 is 0 Å². The maximum atomic E-state index is 12.9. The molecule has 2 N–H and O–H groups in total. The fourth-order valence-electron chi connectivity index (χ4n) is 3.42. The number of nitrogens with one attached hydrogen (secondary N) is 1. The zero-order valence-electron chi connectivity index (χ0n) is 21.6. The summed E-state index contributed by atoms with van der Waals surface area (Å²) in [5, 5.41) is 14.3. The summed E-state index contributed by atoms with van der Waals surface area (Å²) in [6, 6.07) is 8.53. The lowest BCUT2D eigenvalue weighted by molar-refractivity contribution is -0.135. The average Bonchev–Trinajstić information content (AvgIpc) is 3.30. The van der Waals surface area contributed by atoms with E-state index in [2.05, 4.69) is 31.1 Å². The highest BCUT2D eigenvalue weighted by molar-refractivity contribution is 7.14. The number of benzene rings is 2. The van der Waals surface area contributed by atoms with E-state index in [1.165, 1.54) is 36.7 Å². The summed E-state index contributed by atoms with van der Waals surface area (Å²) in [5.41, 5.74) is 2.75. The summed E-state index contributed by atoms with van der Waals surface area (Å²) in [6.07, 6.45) is 1.19. The Bertz CT molecular complexity index is 1340. The summed E-state index contributed by atoms with van der Waals surface area (Å²) in [5.74, 6) is -1.45. The first-order valence-electron chi connectivity index (χ1n) is 11.4. The fourth-order valence-corrected chi connectivity index (χ4v) is 4.73. The van der Waals surface area contributed by atoms with Gasteiger partial charge in [-0.3, -0.25) is 10.1 Å². The minimum absolute atomic E-state index is 0.0453. The van der Waals surface area contributed by atoms with Crippen LogP contribution in [0.1, 0.15) is 42.3 Å². The van der Waals surface area contributed by atoms with E-state index in [4.69, 9.17) is 42.5 Å². The molecule has 0 aliphatic heterocycles. The van der Waals surface area contributed by atoms with Crippen molar-refractivity contribution >= 4 is 57.6 Å². The van der Waals surface area contributed by atoms with Crippen LogP contribution in [0.2, 0.25) is 10.0 Å². The van der Waals surface area contributed by atoms with Crippen molar-refractivity contribution < 1.29 is 28.9 Å². The molecule has 0 aliphatic rings. The van der Waals surface area contributed by atoms with Crippen molar-refractivity contribution in [1.29, 1.82) is 0 Å². The summed E-state index contributed by atoms with van der Waals surface area (Å²) in [4.78, 5) is 28.7. The number of nitrogens with zero attached hydrogens (tertiary/aromatic N) is 1. The molecule has 0 fully saturated rings. The average molecular weight is 580 g/mol. The molecule has 0 saturated carbocycles. The second-order valence-corrected chi connectivity index (χ2v) is 11.1. The third-order valence-electron chi connectivity index (χ3n) is 5.14. The second-order valence-electron chi connectivity index (χ2n) is 9.41. The van der Waals surface area contributed by atoms with Crippen molar-refractivity contribution in [3.05, 3.63) is 68.2 Å². The number of amides is 1. The fraction of sp³-hybridized carbons (Fsp3) is 0.296. The Morgan fingerprint density at radius 3 is 2.42 bits per heavy atom. The topological polar surface area (TPSA) is 107 Å². The predicted molar refractivity (Wildman–Crippen MR) is 150 cm³/mol. The van der Waals surface area contributed by atoms with Gasteiger partial charge in [0.25, 0.3) is 5.91 Å². The SMILES string of the molecule is CO/C(=C\c1c(Cl)cc(C(=O)Nc2nc(-c3cccc(COCC(C)(C)C)c3OC)cs2)cc1Cl)C(=O)O. The molecule has 3 rings (SSSR count). The molecule has 11 heteroatoms. The number of carbonyl (C=O) groups is 2. The number of carbonyl (C=O) groups excluding carboxylic acids is 1. The second kappa shape index (κ2) is 12.6. The lowest BCUT2D eigenvalue weighted by atomic mass is 9.99. The highest BCUT2D eigenvalue weighted by Gasteiger charge is 2.18. The molecule has 0 bridgehead atoms. The number of aromatic nitrogens is 1. The van der Waals surface area contributed by atoms with Crippen molar-refractivity contribution in [2.24, 2.45) is 5.41 Å². The molecule has 1 aromatic heterocycles. The molecule has 8 nitrogen and oxygen atoms in total. The minimum atomic E-state index is -1.28. The van der Waals surface area contributed by atoms with Gasteiger partial charge >= 0.3 is 5.97 Å². The number of hydrogen-bond donors (Lipinski definition) is 2. The third kappa shape index (κ3) is 7.48. The van der Waals surface area contributed by atoms with E-state index in [1.807, 2.05) is 23.6 Å². The van der Waals surface area contributed by atoms with Crippen LogP contribution in [-0.4, -0.2) is 42.8 Å². The monoisotopic (exact) mass is 578 g/mol. The quantitative estimate of drug-likeness (QED) is 0.197. The molecule has 202 valence electrons. The molecule has 0 spiro atoms. The molecule has 0 atom stereocenters. The largest absolute Gasteiger partial charge is 0.496 e. The highest BCUT2D eigenvalue weighted by atomic mass is 35.5. The van der Waals surface area contributed by atoms with Gasteiger partial charge in [-0.05, 0) is 29.7 Å². The number of aliphatic carboxylic acids is 1. The molecule has 3 aromatic rings. The number of ether oxygens (including phenoxy) is 3. The summed E-state index contributed by atoms with van der Waals surface area (Å²) < 4.78 is 16.4. The van der Waals surface area contributed by atoms with Gasteiger partial charge in [-0.15, -0.1) is 11.3 Å². The zero-order valence-corrected chi connectivity index (χ0v) is 23.9. The van der Waals surface area contributed by atoms with E-state index in [-0.39, 0.29) is 32.3 Å². The normalized spacial score (nSPS) is 11.8. The van der Waals surface area contributed by atoms with E-state index in [0.717, 1.165) is 11.1 Å². The van der Waals surface area contributed by atoms with Gasteiger partial charge in [-0.1, -0.05) is 56.1 Å². The molecule has 0 aliphatic carbocycles. The van der Waals surface area contributed by atoms with Crippen LogP contribution in [0.4, 0.5) is 5.13 Å². The minimum Gasteiger partial charge on any atom is -0.496 e. The maximum Gasteiger partial charge on any atom is 0.371 e. The number of anilines is 1. The van der Waals surface area contributed by atoms with Crippen LogP contribution in [0.25, 0.3) is 17.3 Å². The van der Waals surface area contributed by atoms with Crippen LogP contribution in [0.3, 0.4) is 0 Å². The number of halogens is 2. The van der Waals surface area contributed by atoms with Crippen molar-refractivity contribution in [3.63, 3.8) is 0 Å². The van der Waals surface area contributed by atoms with E-state index < -0.39 is 11.9 Å². The Hall–Kier alpha value is -3.11. The summed E-state index contributed by atoms with van der Waals surface area (Å²) in [7, 11) is 2.82. The molecule has 0 unspecified atom stereocenters. The summed E-state index contributed by atoms with van der Waals surface area (Å²) in [6.45, 7) is 7.32. The zero-order chi connectivity index (χ0) is 28.0. The van der Waals surface area contributed by atoms with Crippen LogP contribution in [-0.2, 0) is 20.9 Å². The Balaban J connectivity index is 1.80. The van der Waals surface area contributed by atoms with Crippen LogP contribution in [0, 0.1) is 5.41 Å². The molecular weight excluding hydrogens is 551 g/mol. The van der Waals surface area contributed by atoms with Gasteiger partial charge in [0.2, 0.25) is 5.76 Å². The van der Waals surface area contributed by atoms with Crippen LogP contribution >= 0.6 is 34.5 Å². The smallest absolute Gasteiger partial charge is 0.371 e. The molecule has 1 heterocycles. The molecule has 2 aromatic carbocycles. The lowest BCUT2D eigenvalue weighted by Gasteiger charge is -2.19. The van der Waals surface area contributed by atoms with Gasteiger partial charge in [-0.25, -0.2) is 9.78 Å². The van der Waals surface area contributed by atoms with Crippen LogP contribution < -0.4 is 10.1 Å². The van der Waals surface area contributed by atoms with Gasteiger partial charge in [0.15, 0.2) is 5.13 Å². The molecule has 0 saturated heterocycles. The Labute approximate surface area is 235 Å². The molecular formula is C27H28Cl2N2O6S. The molecule has 38 heavy (non-hydrogen) atoms. The standard InChI is InChI=1S/C27H28Cl2N2O6S/c1-27(2,3)14-37-12-15-7-6-8-17(23(15)36-5)21-13-38-26(30-21)31-24(32)16-9-19(28)18(20(29)10-16)11-22(35-4)25(33)34/h6-11,13H,12,14H2,1-5H3,(H,33,34)(H,30,31,32)/b22-11-. The Morgan fingerprint density at radius 2 is 1.84 bits per heavy atom. The first kappa shape index (κ1) is 29.4. The number of methoxy groups -OCH3 is 2. The number of thiazole rings is 1. The van der Waals surface area contributed by atoms with Gasteiger partial charge in [-0.2, -0.15) is 0 Å². The molecule has 1 amide bonds. The number of carboxylic acids is 1. The Kier molecular flexibility index (Phi) is 9.78.